The maximum atomic E-state index is 12.6. The lowest BCUT2D eigenvalue weighted by Gasteiger charge is -2.07. The van der Waals surface area contributed by atoms with E-state index in [2.05, 4.69) is 45.6 Å². The first-order valence-corrected chi connectivity index (χ1v) is 11.0. The van der Waals surface area contributed by atoms with Crippen LogP contribution in [0.4, 0.5) is 11.6 Å². The smallest absolute Gasteiger partial charge is 0.252 e. The summed E-state index contributed by atoms with van der Waals surface area (Å²) in [5, 5.41) is 10.6. The standard InChI is InChI=1S/C22H22N10O/c1-12-4-5-23-20(28-12)15-6-16(15)21(33)29-18-7-17(26-11-27-18)24-9-19-30-22-25-8-14(13-2-3-13)10-32(22)31-19/h4-5,7-8,10-11,13,15-16H,2-3,6,9H2,1H3,(H2,24,26,27,29,33). The number of amides is 1. The Hall–Kier alpha value is -4.02. The molecule has 2 fully saturated rings. The van der Waals surface area contributed by atoms with Crippen molar-refractivity contribution >= 4 is 23.3 Å². The van der Waals surface area contributed by atoms with E-state index in [4.69, 9.17) is 0 Å². The Bertz CT molecular complexity index is 1350. The molecular formula is C22H22N10O. The van der Waals surface area contributed by atoms with Crippen LogP contribution in [0.1, 0.15) is 54.0 Å². The van der Waals surface area contributed by atoms with Crippen molar-refractivity contribution in [2.75, 3.05) is 10.6 Å². The molecule has 33 heavy (non-hydrogen) atoms. The van der Waals surface area contributed by atoms with Crippen molar-refractivity contribution in [2.24, 2.45) is 5.92 Å². The number of hydrogen-bond acceptors (Lipinski definition) is 9. The molecule has 2 aliphatic carbocycles. The SMILES string of the molecule is Cc1ccnc(C2CC2C(=O)Nc2cc(NCc3nc4ncc(C5CC5)cn4n3)ncn2)n1. The van der Waals surface area contributed by atoms with Crippen molar-refractivity contribution < 1.29 is 4.79 Å². The summed E-state index contributed by atoms with van der Waals surface area (Å²) in [5.74, 6) is 3.34. The summed E-state index contributed by atoms with van der Waals surface area (Å²) in [7, 11) is 0. The fourth-order valence-electron chi connectivity index (χ4n) is 3.87. The highest BCUT2D eigenvalue weighted by molar-refractivity contribution is 5.94. The molecule has 2 saturated carbocycles. The molecule has 2 atom stereocenters. The third kappa shape index (κ3) is 4.21. The number of carbonyl (C=O) groups is 1. The maximum absolute atomic E-state index is 12.6. The molecular weight excluding hydrogens is 420 g/mol. The molecule has 4 aromatic heterocycles. The zero-order valence-corrected chi connectivity index (χ0v) is 18.0. The molecule has 0 bridgehead atoms. The van der Waals surface area contributed by atoms with Crippen LogP contribution in [-0.4, -0.2) is 45.4 Å². The molecule has 4 heterocycles. The first-order valence-electron chi connectivity index (χ1n) is 11.0. The average Bonchev–Trinajstić information content (AvgIpc) is 3.74. The second kappa shape index (κ2) is 7.84. The number of aromatic nitrogens is 8. The Kier molecular flexibility index (Phi) is 4.67. The van der Waals surface area contributed by atoms with Gasteiger partial charge in [-0.2, -0.15) is 4.98 Å². The molecule has 166 valence electrons. The Morgan fingerprint density at radius 3 is 2.88 bits per heavy atom. The average molecular weight is 442 g/mol. The lowest BCUT2D eigenvalue weighted by Crippen LogP contribution is -2.16. The molecule has 0 aromatic carbocycles. The quantitative estimate of drug-likeness (QED) is 0.441. The van der Waals surface area contributed by atoms with Gasteiger partial charge in [-0.25, -0.2) is 29.4 Å². The zero-order valence-electron chi connectivity index (χ0n) is 18.0. The van der Waals surface area contributed by atoms with E-state index in [-0.39, 0.29) is 17.7 Å². The molecule has 4 aromatic rings. The maximum Gasteiger partial charge on any atom is 0.252 e. The van der Waals surface area contributed by atoms with Crippen LogP contribution in [0.2, 0.25) is 0 Å². The third-order valence-electron chi connectivity index (χ3n) is 5.92. The van der Waals surface area contributed by atoms with Crippen LogP contribution in [0.3, 0.4) is 0 Å². The highest BCUT2D eigenvalue weighted by Gasteiger charge is 2.46. The minimum absolute atomic E-state index is 0.0551. The van der Waals surface area contributed by atoms with E-state index in [1.54, 1.807) is 16.8 Å². The lowest BCUT2D eigenvalue weighted by atomic mass is 10.2. The zero-order chi connectivity index (χ0) is 22.4. The van der Waals surface area contributed by atoms with E-state index in [0.29, 0.717) is 35.7 Å². The minimum Gasteiger partial charge on any atom is -0.363 e. The van der Waals surface area contributed by atoms with Gasteiger partial charge in [-0.05, 0) is 43.7 Å². The van der Waals surface area contributed by atoms with Crippen LogP contribution in [0.25, 0.3) is 5.78 Å². The molecule has 6 rings (SSSR count). The fourth-order valence-corrected chi connectivity index (χ4v) is 3.87. The second-order valence-electron chi connectivity index (χ2n) is 8.57. The third-order valence-corrected chi connectivity index (χ3v) is 5.92. The lowest BCUT2D eigenvalue weighted by molar-refractivity contribution is -0.117. The summed E-state index contributed by atoms with van der Waals surface area (Å²) in [5.41, 5.74) is 2.10. The largest absolute Gasteiger partial charge is 0.363 e. The minimum atomic E-state index is -0.145. The normalized spacial score (nSPS) is 19.4. The van der Waals surface area contributed by atoms with Crippen LogP contribution in [0, 0.1) is 12.8 Å². The monoisotopic (exact) mass is 442 g/mol. The Morgan fingerprint density at radius 2 is 2.03 bits per heavy atom. The van der Waals surface area contributed by atoms with E-state index < -0.39 is 0 Å². The molecule has 0 saturated heterocycles. The topological polar surface area (TPSA) is 136 Å². The van der Waals surface area contributed by atoms with Gasteiger partial charge in [0.15, 0.2) is 5.82 Å². The van der Waals surface area contributed by atoms with Gasteiger partial charge < -0.3 is 10.6 Å². The predicted molar refractivity (Wildman–Crippen MR) is 118 cm³/mol. The van der Waals surface area contributed by atoms with Crippen molar-refractivity contribution in [1.82, 2.24) is 39.5 Å². The molecule has 0 aliphatic heterocycles. The summed E-state index contributed by atoms with van der Waals surface area (Å²) in [6.07, 6.45) is 10.2. The summed E-state index contributed by atoms with van der Waals surface area (Å²) in [4.78, 5) is 38.6. The van der Waals surface area contributed by atoms with Gasteiger partial charge in [0, 0.05) is 42.2 Å². The van der Waals surface area contributed by atoms with Crippen LogP contribution < -0.4 is 10.6 Å². The summed E-state index contributed by atoms with van der Waals surface area (Å²) in [6.45, 7) is 2.30. The first kappa shape index (κ1) is 19.6. The van der Waals surface area contributed by atoms with Gasteiger partial charge in [-0.3, -0.25) is 4.79 Å². The number of fused-ring (bicyclic) bond motifs is 1. The predicted octanol–water partition coefficient (Wildman–Crippen LogP) is 2.24. The van der Waals surface area contributed by atoms with Crippen LogP contribution in [-0.2, 0) is 11.3 Å². The number of hydrogen-bond donors (Lipinski definition) is 2. The summed E-state index contributed by atoms with van der Waals surface area (Å²) >= 11 is 0. The molecule has 1 amide bonds. The Morgan fingerprint density at radius 1 is 1.15 bits per heavy atom. The summed E-state index contributed by atoms with van der Waals surface area (Å²) in [6, 6.07) is 3.54. The van der Waals surface area contributed by atoms with Crippen molar-refractivity contribution in [3.63, 3.8) is 0 Å². The number of aryl methyl sites for hydroxylation is 1. The summed E-state index contributed by atoms with van der Waals surface area (Å²) < 4.78 is 1.72. The van der Waals surface area contributed by atoms with Crippen molar-refractivity contribution in [3.8, 4) is 0 Å². The van der Waals surface area contributed by atoms with Gasteiger partial charge in [0.1, 0.15) is 23.8 Å². The molecule has 11 heteroatoms. The molecule has 2 unspecified atom stereocenters. The number of carbonyl (C=O) groups excluding carboxylic acids is 1. The van der Waals surface area contributed by atoms with Crippen LogP contribution in [0.15, 0.2) is 37.1 Å². The molecule has 2 aliphatic rings. The van der Waals surface area contributed by atoms with Gasteiger partial charge >= 0.3 is 0 Å². The van der Waals surface area contributed by atoms with Gasteiger partial charge in [0.2, 0.25) is 5.91 Å². The number of nitrogens with zero attached hydrogens (tertiary/aromatic N) is 8. The van der Waals surface area contributed by atoms with Crippen LogP contribution >= 0.6 is 0 Å². The van der Waals surface area contributed by atoms with E-state index in [0.717, 1.165) is 17.9 Å². The van der Waals surface area contributed by atoms with Gasteiger partial charge in [-0.15, -0.1) is 5.10 Å². The Balaban J connectivity index is 1.08. The van der Waals surface area contributed by atoms with Crippen molar-refractivity contribution in [3.05, 3.63) is 60.0 Å². The van der Waals surface area contributed by atoms with E-state index in [1.165, 1.54) is 24.7 Å². The molecule has 11 nitrogen and oxygen atoms in total. The number of anilines is 2. The first-order chi connectivity index (χ1) is 16.1. The van der Waals surface area contributed by atoms with E-state index >= 15 is 0 Å². The van der Waals surface area contributed by atoms with Gasteiger partial charge in [0.05, 0.1) is 6.54 Å². The number of nitrogens with one attached hydrogen (secondary N) is 2. The highest BCUT2D eigenvalue weighted by Crippen LogP contribution is 2.46. The van der Waals surface area contributed by atoms with Crippen LogP contribution in [0.5, 0.6) is 0 Å². The van der Waals surface area contributed by atoms with E-state index in [1.807, 2.05) is 25.4 Å². The second-order valence-corrected chi connectivity index (χ2v) is 8.57. The molecule has 0 spiro atoms. The Labute approximate surface area is 189 Å². The fraction of sp³-hybridized carbons (Fsp3) is 0.364. The van der Waals surface area contributed by atoms with Gasteiger partial charge in [0.25, 0.3) is 5.78 Å². The number of rotatable bonds is 7. The molecule has 2 N–H and O–H groups in total. The van der Waals surface area contributed by atoms with Crippen molar-refractivity contribution in [1.29, 1.82) is 0 Å². The van der Waals surface area contributed by atoms with Crippen molar-refractivity contribution in [2.45, 2.75) is 44.6 Å². The highest BCUT2D eigenvalue weighted by atomic mass is 16.2. The molecule has 0 radical (unpaired) electrons. The van der Waals surface area contributed by atoms with Gasteiger partial charge in [-0.1, -0.05) is 0 Å². The van der Waals surface area contributed by atoms with E-state index in [9.17, 15) is 4.79 Å².